The number of carboxylic acids is 1. The van der Waals surface area contributed by atoms with Crippen LogP contribution in [-0.4, -0.2) is 45.7 Å². The van der Waals surface area contributed by atoms with Gasteiger partial charge >= 0.3 is 5.97 Å². The number of rotatable bonds is 11. The lowest BCUT2D eigenvalue weighted by atomic mass is 10.0. The summed E-state index contributed by atoms with van der Waals surface area (Å²) in [4.78, 5) is 10.5. The molecule has 0 radical (unpaired) electrons. The van der Waals surface area contributed by atoms with E-state index in [1.807, 2.05) is 13.8 Å². The van der Waals surface area contributed by atoms with E-state index in [0.29, 0.717) is 6.42 Å². The number of aliphatic carboxylic acids is 1. The van der Waals surface area contributed by atoms with Gasteiger partial charge in [0.25, 0.3) is 0 Å². The molecular formula is C15H28O5. The molecule has 0 aromatic carbocycles. The lowest BCUT2D eigenvalue weighted by Gasteiger charge is -2.22. The van der Waals surface area contributed by atoms with Gasteiger partial charge in [0.2, 0.25) is 0 Å². The van der Waals surface area contributed by atoms with Crippen LogP contribution in [0.25, 0.3) is 0 Å². The summed E-state index contributed by atoms with van der Waals surface area (Å²) in [5.74, 6) is -1.05. The molecular weight excluding hydrogens is 260 g/mol. The number of hydrogen-bond acceptors (Lipinski definition) is 4. The van der Waals surface area contributed by atoms with E-state index in [9.17, 15) is 9.90 Å². The second-order valence-corrected chi connectivity index (χ2v) is 5.40. The monoisotopic (exact) mass is 288 g/mol. The van der Waals surface area contributed by atoms with Gasteiger partial charge in [-0.2, -0.15) is 0 Å². The molecule has 0 spiro atoms. The highest BCUT2D eigenvalue weighted by Crippen LogP contribution is 2.14. The predicted molar refractivity (Wildman–Crippen MR) is 77.6 cm³/mol. The van der Waals surface area contributed by atoms with E-state index in [0.717, 1.165) is 31.8 Å². The molecule has 0 bridgehead atoms. The molecule has 0 heterocycles. The largest absolute Gasteiger partial charge is 0.478 e. The minimum Gasteiger partial charge on any atom is -0.478 e. The fraction of sp³-hybridized carbons (Fsp3) is 0.800. The van der Waals surface area contributed by atoms with Crippen LogP contribution in [0, 0.1) is 0 Å². The van der Waals surface area contributed by atoms with E-state index < -0.39 is 18.2 Å². The molecule has 0 saturated carbocycles. The van der Waals surface area contributed by atoms with Gasteiger partial charge in [-0.3, -0.25) is 0 Å². The van der Waals surface area contributed by atoms with Crippen LogP contribution < -0.4 is 0 Å². The molecule has 0 aliphatic rings. The van der Waals surface area contributed by atoms with Gasteiger partial charge < -0.3 is 20.1 Å². The fourth-order valence-corrected chi connectivity index (χ4v) is 1.89. The lowest BCUT2D eigenvalue weighted by Crippen LogP contribution is -2.30. The van der Waals surface area contributed by atoms with Crippen LogP contribution >= 0.6 is 0 Å². The normalized spacial score (nSPS) is 16.5. The first-order chi connectivity index (χ1) is 9.32. The molecule has 3 N–H and O–H groups in total. The van der Waals surface area contributed by atoms with Crippen molar-refractivity contribution in [2.75, 3.05) is 0 Å². The van der Waals surface area contributed by atoms with Crippen LogP contribution in [0.3, 0.4) is 0 Å². The second-order valence-electron chi connectivity index (χ2n) is 5.40. The third-order valence-electron chi connectivity index (χ3n) is 2.86. The van der Waals surface area contributed by atoms with Crippen molar-refractivity contribution in [3.8, 4) is 0 Å². The maximum Gasteiger partial charge on any atom is 0.328 e. The highest BCUT2D eigenvalue weighted by atomic mass is 16.5. The molecule has 0 aromatic rings. The summed E-state index contributed by atoms with van der Waals surface area (Å²) in [6.45, 7) is 5.45. The number of aliphatic hydroxyl groups is 2. The average molecular weight is 288 g/mol. The topological polar surface area (TPSA) is 87.0 Å². The van der Waals surface area contributed by atoms with Gasteiger partial charge in [-0.25, -0.2) is 4.79 Å². The molecule has 0 amide bonds. The van der Waals surface area contributed by atoms with Crippen molar-refractivity contribution >= 4 is 5.97 Å². The molecule has 0 rings (SSSR count). The van der Waals surface area contributed by atoms with Crippen LogP contribution in [0.5, 0.6) is 0 Å². The number of ether oxygens (including phenoxy) is 1. The van der Waals surface area contributed by atoms with Crippen LogP contribution in [-0.2, 0) is 9.53 Å². The summed E-state index contributed by atoms with van der Waals surface area (Å²) < 4.78 is 5.52. The lowest BCUT2D eigenvalue weighted by molar-refractivity contribution is -0.131. The summed E-state index contributed by atoms with van der Waals surface area (Å²) in [6, 6.07) is 0. The Balaban J connectivity index is 4.12. The summed E-state index contributed by atoms with van der Waals surface area (Å²) in [5, 5.41) is 27.8. The van der Waals surface area contributed by atoms with E-state index in [4.69, 9.17) is 14.9 Å². The zero-order valence-corrected chi connectivity index (χ0v) is 12.7. The van der Waals surface area contributed by atoms with Crippen molar-refractivity contribution in [2.45, 2.75) is 77.3 Å². The summed E-state index contributed by atoms with van der Waals surface area (Å²) in [6.07, 6.45) is 4.73. The Morgan fingerprint density at radius 3 is 2.20 bits per heavy atom. The number of unbranched alkanes of at least 4 members (excludes halogenated alkanes) is 2. The summed E-state index contributed by atoms with van der Waals surface area (Å²) in [7, 11) is 0. The molecule has 0 saturated heterocycles. The Labute approximate surface area is 121 Å². The van der Waals surface area contributed by atoms with Gasteiger partial charge in [-0.15, -0.1) is 0 Å². The van der Waals surface area contributed by atoms with E-state index in [1.165, 1.54) is 6.08 Å². The van der Waals surface area contributed by atoms with Gasteiger partial charge in [0.05, 0.1) is 18.3 Å². The Kier molecular flexibility index (Phi) is 10.3. The SMILES string of the molecule is CC(C)O[C@@H](/C=C\C(=O)O)[C@@H](O)CCCCC[C@@H](C)O. The average Bonchev–Trinajstić information content (AvgIpc) is 2.32. The number of carbonyl (C=O) groups is 1. The summed E-state index contributed by atoms with van der Waals surface area (Å²) >= 11 is 0. The Morgan fingerprint density at radius 2 is 1.70 bits per heavy atom. The second kappa shape index (κ2) is 10.8. The Bertz CT molecular complexity index is 286. The third-order valence-corrected chi connectivity index (χ3v) is 2.86. The fourth-order valence-electron chi connectivity index (χ4n) is 1.89. The van der Waals surface area contributed by atoms with Crippen LogP contribution in [0.15, 0.2) is 12.2 Å². The molecule has 118 valence electrons. The molecule has 5 nitrogen and oxygen atoms in total. The van der Waals surface area contributed by atoms with Crippen molar-refractivity contribution in [3.05, 3.63) is 12.2 Å². The van der Waals surface area contributed by atoms with Crippen LogP contribution in [0.2, 0.25) is 0 Å². The molecule has 20 heavy (non-hydrogen) atoms. The minimum atomic E-state index is -1.05. The van der Waals surface area contributed by atoms with Crippen LogP contribution in [0.1, 0.15) is 52.9 Å². The highest BCUT2D eigenvalue weighted by Gasteiger charge is 2.18. The zero-order valence-electron chi connectivity index (χ0n) is 12.7. The first-order valence-electron chi connectivity index (χ1n) is 7.25. The number of aliphatic hydroxyl groups excluding tert-OH is 2. The first-order valence-corrected chi connectivity index (χ1v) is 7.25. The van der Waals surface area contributed by atoms with Gasteiger partial charge in [0.1, 0.15) is 6.10 Å². The smallest absolute Gasteiger partial charge is 0.328 e. The first kappa shape index (κ1) is 19.1. The number of hydrogen-bond donors (Lipinski definition) is 3. The predicted octanol–water partition coefficient (Wildman–Crippen LogP) is 2.11. The quantitative estimate of drug-likeness (QED) is 0.400. The molecule has 3 atom stereocenters. The van der Waals surface area contributed by atoms with Crippen molar-refractivity contribution in [2.24, 2.45) is 0 Å². The molecule has 0 aromatic heterocycles. The van der Waals surface area contributed by atoms with Gasteiger partial charge in [0.15, 0.2) is 0 Å². The molecule has 0 fully saturated rings. The molecule has 0 aliphatic heterocycles. The van der Waals surface area contributed by atoms with Crippen molar-refractivity contribution < 1.29 is 24.9 Å². The highest BCUT2D eigenvalue weighted by molar-refractivity contribution is 5.79. The van der Waals surface area contributed by atoms with Gasteiger partial charge in [0, 0.05) is 6.08 Å². The molecule has 5 heteroatoms. The standard InChI is InChI=1S/C15H28O5/c1-11(2)20-14(9-10-15(18)19)13(17)8-6-4-5-7-12(3)16/h9-14,16-17H,4-8H2,1-3H3,(H,18,19)/b10-9-/t12-,13+,14+/m1/s1. The minimum absolute atomic E-state index is 0.0802. The Morgan fingerprint density at radius 1 is 1.10 bits per heavy atom. The third kappa shape index (κ3) is 11.0. The van der Waals surface area contributed by atoms with E-state index in [-0.39, 0.29) is 12.2 Å². The Hall–Kier alpha value is -0.910. The van der Waals surface area contributed by atoms with Crippen molar-refractivity contribution in [1.29, 1.82) is 0 Å². The molecule has 0 unspecified atom stereocenters. The maximum absolute atomic E-state index is 10.5. The maximum atomic E-state index is 10.5. The van der Waals surface area contributed by atoms with Gasteiger partial charge in [-0.1, -0.05) is 19.3 Å². The zero-order chi connectivity index (χ0) is 15.5. The molecule has 0 aliphatic carbocycles. The van der Waals surface area contributed by atoms with Crippen LogP contribution in [0.4, 0.5) is 0 Å². The van der Waals surface area contributed by atoms with Crippen molar-refractivity contribution in [3.63, 3.8) is 0 Å². The number of carboxylic acid groups (broad SMARTS) is 1. The van der Waals surface area contributed by atoms with Gasteiger partial charge in [-0.05, 0) is 39.7 Å². The van der Waals surface area contributed by atoms with Crippen molar-refractivity contribution in [1.82, 2.24) is 0 Å². The summed E-state index contributed by atoms with van der Waals surface area (Å²) in [5.41, 5.74) is 0. The van der Waals surface area contributed by atoms with E-state index >= 15 is 0 Å². The van der Waals surface area contributed by atoms with E-state index in [2.05, 4.69) is 0 Å². The van der Waals surface area contributed by atoms with E-state index in [1.54, 1.807) is 6.92 Å².